The van der Waals surface area contributed by atoms with Gasteiger partial charge in [0.1, 0.15) is 6.10 Å². The van der Waals surface area contributed by atoms with Crippen molar-refractivity contribution in [2.24, 2.45) is 0 Å². The first-order valence-corrected chi connectivity index (χ1v) is 7.58. The highest BCUT2D eigenvalue weighted by Gasteiger charge is 2.54. The van der Waals surface area contributed by atoms with Crippen LogP contribution in [0.4, 0.5) is 0 Å². The summed E-state index contributed by atoms with van der Waals surface area (Å²) in [6.45, 7) is 2.72. The molecule has 0 amide bonds. The van der Waals surface area contributed by atoms with Crippen LogP contribution >= 0.6 is 0 Å². The first kappa shape index (κ1) is 22.6. The molecule has 0 aliphatic heterocycles. The Morgan fingerprint density at radius 3 is 1.50 bits per heavy atom. The highest BCUT2D eigenvalue weighted by Crippen LogP contribution is 2.26. The Morgan fingerprint density at radius 2 is 1.21 bits per heavy atom. The quantitative estimate of drug-likeness (QED) is 0.211. The van der Waals surface area contributed by atoms with Gasteiger partial charge in [-0.25, -0.2) is 0 Å². The topological polar surface area (TPSA) is 162 Å². The van der Waals surface area contributed by atoms with Crippen molar-refractivity contribution in [3.8, 4) is 0 Å². The van der Waals surface area contributed by atoms with Crippen molar-refractivity contribution in [2.45, 2.75) is 70.1 Å². The highest BCUT2D eigenvalue weighted by atomic mass is 16.6. The first-order valence-electron chi connectivity index (χ1n) is 7.58. The lowest BCUT2D eigenvalue weighted by molar-refractivity contribution is -0.190. The number of aliphatic hydroxyl groups excluding tert-OH is 5. The first-order chi connectivity index (χ1) is 11.0. The van der Waals surface area contributed by atoms with Gasteiger partial charge in [0.2, 0.25) is 0 Å². The fourth-order valence-electron chi connectivity index (χ4n) is 2.14. The van der Waals surface area contributed by atoms with Gasteiger partial charge in [-0.15, -0.1) is 0 Å². The predicted molar refractivity (Wildman–Crippen MR) is 80.8 cm³/mol. The van der Waals surface area contributed by atoms with Crippen LogP contribution in [0, 0.1) is 0 Å². The third-order valence-electron chi connectivity index (χ3n) is 3.17. The number of ether oxygens (including phenoxy) is 1. The minimum absolute atomic E-state index is 0.552. The molecule has 5 N–H and O–H groups in total. The van der Waals surface area contributed by atoms with Crippen LogP contribution in [0.25, 0.3) is 0 Å². The molecule has 0 saturated carbocycles. The Morgan fingerprint density at radius 1 is 0.833 bits per heavy atom. The highest BCUT2D eigenvalue weighted by molar-refractivity contribution is 6.12. The van der Waals surface area contributed by atoms with Crippen molar-refractivity contribution in [1.82, 2.24) is 0 Å². The maximum atomic E-state index is 12.4. The molecule has 0 rings (SSSR count). The van der Waals surface area contributed by atoms with E-state index in [1.165, 1.54) is 20.8 Å². The monoisotopic (exact) mass is 350 g/mol. The van der Waals surface area contributed by atoms with Crippen LogP contribution in [0.15, 0.2) is 0 Å². The SMILES string of the molecule is CC(O)CC(=O)OC(C(=O)CC(C)O)(C(=O)CC(C)O)C(O)CO. The zero-order valence-electron chi connectivity index (χ0n) is 14.0. The van der Waals surface area contributed by atoms with Crippen LogP contribution in [-0.2, 0) is 19.1 Å². The molecule has 0 aromatic carbocycles. The van der Waals surface area contributed by atoms with Gasteiger partial charge in [0, 0.05) is 12.8 Å². The summed E-state index contributed by atoms with van der Waals surface area (Å²) in [6, 6.07) is 0. The zero-order chi connectivity index (χ0) is 19.1. The summed E-state index contributed by atoms with van der Waals surface area (Å²) in [7, 11) is 0. The van der Waals surface area contributed by atoms with Gasteiger partial charge in [-0.2, -0.15) is 0 Å². The average Bonchev–Trinajstić information content (AvgIpc) is 2.41. The molecular weight excluding hydrogens is 324 g/mol. The molecule has 0 spiro atoms. The molecular formula is C15H26O9. The molecule has 0 saturated heterocycles. The second-order valence-corrected chi connectivity index (χ2v) is 5.91. The van der Waals surface area contributed by atoms with Gasteiger partial charge in [-0.05, 0) is 20.8 Å². The average molecular weight is 350 g/mol. The predicted octanol–water partition coefficient (Wildman–Crippen LogP) is -1.93. The fraction of sp³-hybridized carbons (Fsp3) is 0.800. The maximum absolute atomic E-state index is 12.4. The normalized spacial score (nSPS) is 18.8. The number of ketones is 2. The zero-order valence-corrected chi connectivity index (χ0v) is 14.0. The van der Waals surface area contributed by atoms with E-state index in [9.17, 15) is 39.9 Å². The summed E-state index contributed by atoms with van der Waals surface area (Å²) in [5.41, 5.74) is -2.76. The second-order valence-electron chi connectivity index (χ2n) is 5.91. The van der Waals surface area contributed by atoms with Crippen molar-refractivity contribution in [1.29, 1.82) is 0 Å². The van der Waals surface area contributed by atoms with Gasteiger partial charge in [0.25, 0.3) is 5.60 Å². The molecule has 0 bridgehead atoms. The molecule has 9 heteroatoms. The van der Waals surface area contributed by atoms with E-state index < -0.39 is 73.4 Å². The molecule has 0 heterocycles. The Bertz CT molecular complexity index is 420. The number of Topliss-reactive ketones (excluding diaryl/α,β-unsaturated/α-hetero) is 2. The second kappa shape index (κ2) is 9.80. The van der Waals surface area contributed by atoms with E-state index in [0.29, 0.717) is 0 Å². The largest absolute Gasteiger partial charge is 0.440 e. The number of carbonyl (C=O) groups is 3. The van der Waals surface area contributed by atoms with E-state index in [2.05, 4.69) is 0 Å². The molecule has 0 aliphatic rings. The van der Waals surface area contributed by atoms with Crippen molar-refractivity contribution in [3.63, 3.8) is 0 Å². The standard InChI is InChI=1S/C15H26O9/c1-8(17)4-11(20)15(13(22)7-16,12(21)5-9(2)18)24-14(23)6-10(3)19/h8-10,13,16-19,22H,4-7H2,1-3H3. The van der Waals surface area contributed by atoms with Crippen molar-refractivity contribution < 1.29 is 44.7 Å². The summed E-state index contributed by atoms with van der Waals surface area (Å²) in [5.74, 6) is -3.36. The van der Waals surface area contributed by atoms with E-state index in [1.807, 2.05) is 0 Å². The lowest BCUT2D eigenvalue weighted by Crippen LogP contribution is -2.61. The van der Waals surface area contributed by atoms with Gasteiger partial charge in [0.15, 0.2) is 11.6 Å². The third-order valence-corrected chi connectivity index (χ3v) is 3.17. The molecule has 4 unspecified atom stereocenters. The van der Waals surface area contributed by atoms with Crippen LogP contribution < -0.4 is 0 Å². The molecule has 0 fully saturated rings. The van der Waals surface area contributed by atoms with Crippen LogP contribution in [0.2, 0.25) is 0 Å². The van der Waals surface area contributed by atoms with Gasteiger partial charge in [0.05, 0.1) is 31.3 Å². The smallest absolute Gasteiger partial charge is 0.309 e. The number of rotatable bonds is 11. The Hall–Kier alpha value is -1.39. The summed E-state index contributed by atoms with van der Waals surface area (Å²) in [4.78, 5) is 36.8. The lowest BCUT2D eigenvalue weighted by Gasteiger charge is -2.34. The van der Waals surface area contributed by atoms with Crippen LogP contribution in [0.5, 0.6) is 0 Å². The number of esters is 1. The number of hydrogen-bond acceptors (Lipinski definition) is 9. The molecule has 140 valence electrons. The Kier molecular flexibility index (Phi) is 9.23. The van der Waals surface area contributed by atoms with Gasteiger partial charge >= 0.3 is 5.97 Å². The molecule has 0 radical (unpaired) electrons. The van der Waals surface area contributed by atoms with Crippen LogP contribution in [0.1, 0.15) is 40.0 Å². The van der Waals surface area contributed by atoms with E-state index in [-0.39, 0.29) is 0 Å². The lowest BCUT2D eigenvalue weighted by atomic mass is 9.82. The van der Waals surface area contributed by atoms with Crippen molar-refractivity contribution in [3.05, 3.63) is 0 Å². The summed E-state index contributed by atoms with van der Waals surface area (Å²) < 4.78 is 4.90. The summed E-state index contributed by atoms with van der Waals surface area (Å²) >= 11 is 0. The van der Waals surface area contributed by atoms with Gasteiger partial charge in [-0.3, -0.25) is 14.4 Å². The molecule has 24 heavy (non-hydrogen) atoms. The number of hydrogen-bond donors (Lipinski definition) is 5. The minimum atomic E-state index is -2.76. The van der Waals surface area contributed by atoms with E-state index >= 15 is 0 Å². The molecule has 0 aliphatic carbocycles. The van der Waals surface area contributed by atoms with Crippen LogP contribution in [-0.4, -0.2) is 79.7 Å². The molecule has 0 aromatic heterocycles. The fourth-order valence-corrected chi connectivity index (χ4v) is 2.14. The molecule has 0 aromatic rings. The van der Waals surface area contributed by atoms with E-state index in [4.69, 9.17) is 4.74 Å². The third kappa shape index (κ3) is 6.25. The molecule has 9 nitrogen and oxygen atoms in total. The van der Waals surface area contributed by atoms with Gasteiger partial charge in [-0.1, -0.05) is 0 Å². The molecule has 4 atom stereocenters. The Labute approximate surface area is 139 Å². The maximum Gasteiger partial charge on any atom is 0.309 e. The minimum Gasteiger partial charge on any atom is -0.440 e. The summed E-state index contributed by atoms with van der Waals surface area (Å²) in [5, 5.41) is 47.2. The summed E-state index contributed by atoms with van der Waals surface area (Å²) in [6.07, 6.45) is -7.39. The van der Waals surface area contributed by atoms with Gasteiger partial charge < -0.3 is 30.3 Å². The van der Waals surface area contributed by atoms with Crippen molar-refractivity contribution >= 4 is 17.5 Å². The number of aliphatic hydroxyl groups is 5. The van der Waals surface area contributed by atoms with Crippen LogP contribution in [0.3, 0.4) is 0 Å². The Balaban J connectivity index is 5.88. The van der Waals surface area contributed by atoms with Crippen molar-refractivity contribution in [2.75, 3.05) is 6.61 Å². The van der Waals surface area contributed by atoms with E-state index in [0.717, 1.165) is 0 Å². The van der Waals surface area contributed by atoms with E-state index in [1.54, 1.807) is 0 Å². The number of carbonyl (C=O) groups excluding carboxylic acids is 3.